The third-order valence-corrected chi connectivity index (χ3v) is 3.22. The molecule has 0 radical (unpaired) electrons. The van der Waals surface area contributed by atoms with Crippen molar-refractivity contribution < 1.29 is 14.3 Å². The molecule has 0 aromatic carbocycles. The third-order valence-electron chi connectivity index (χ3n) is 2.80. The van der Waals surface area contributed by atoms with E-state index in [1.807, 2.05) is 0 Å². The average molecular weight is 209 g/mol. The van der Waals surface area contributed by atoms with Crippen LogP contribution in [0, 0.1) is 11.8 Å². The largest absolute Gasteiger partial charge is 0.392 e. The van der Waals surface area contributed by atoms with Gasteiger partial charge in [-0.05, 0) is 13.3 Å². The van der Waals surface area contributed by atoms with Crippen LogP contribution in [0.25, 0.3) is 0 Å². The Morgan fingerprint density at radius 3 is 2.62 bits per heavy atom. The maximum atomic E-state index is 13.3. The minimum Gasteiger partial charge on any atom is -0.392 e. The lowest BCUT2D eigenvalue weighted by Gasteiger charge is -2.36. The summed E-state index contributed by atoms with van der Waals surface area (Å²) in [5.74, 6) is -1.16. The van der Waals surface area contributed by atoms with E-state index in [0.717, 1.165) is 0 Å². The molecule has 1 aliphatic carbocycles. The first-order valence-electron chi connectivity index (χ1n) is 4.41. The number of hydrogen-bond acceptors (Lipinski definition) is 2. The number of aliphatic hydroxyl groups is 1. The molecule has 1 rings (SSSR count). The number of hydrogen-bond donors (Lipinski definition) is 1. The van der Waals surface area contributed by atoms with E-state index >= 15 is 0 Å². The van der Waals surface area contributed by atoms with Gasteiger partial charge in [0.15, 0.2) is 0 Å². The SMILES string of the molecule is CC(=O)C1CC(Cl)C(F)C(C)C1O. The van der Waals surface area contributed by atoms with E-state index in [2.05, 4.69) is 0 Å². The zero-order valence-corrected chi connectivity index (χ0v) is 8.46. The molecule has 5 atom stereocenters. The maximum Gasteiger partial charge on any atom is 0.135 e. The van der Waals surface area contributed by atoms with Crippen molar-refractivity contribution in [2.75, 3.05) is 0 Å². The van der Waals surface area contributed by atoms with Crippen LogP contribution in [0.1, 0.15) is 20.3 Å². The smallest absolute Gasteiger partial charge is 0.135 e. The number of rotatable bonds is 1. The highest BCUT2D eigenvalue weighted by Gasteiger charge is 2.43. The first-order valence-corrected chi connectivity index (χ1v) is 4.85. The summed E-state index contributed by atoms with van der Waals surface area (Å²) in [6.07, 6.45) is -1.86. The van der Waals surface area contributed by atoms with Gasteiger partial charge in [0.25, 0.3) is 0 Å². The summed E-state index contributed by atoms with van der Waals surface area (Å²) in [6.45, 7) is 2.99. The van der Waals surface area contributed by atoms with E-state index in [0.29, 0.717) is 0 Å². The van der Waals surface area contributed by atoms with E-state index in [1.165, 1.54) is 6.92 Å². The number of halogens is 2. The van der Waals surface area contributed by atoms with E-state index < -0.39 is 29.5 Å². The summed E-state index contributed by atoms with van der Waals surface area (Å²) in [6, 6.07) is 0. The van der Waals surface area contributed by atoms with Gasteiger partial charge >= 0.3 is 0 Å². The van der Waals surface area contributed by atoms with Gasteiger partial charge in [-0.2, -0.15) is 0 Å². The second-order valence-electron chi connectivity index (χ2n) is 3.76. The van der Waals surface area contributed by atoms with Gasteiger partial charge < -0.3 is 5.11 Å². The quantitative estimate of drug-likeness (QED) is 0.664. The van der Waals surface area contributed by atoms with Crippen molar-refractivity contribution in [2.24, 2.45) is 11.8 Å². The van der Waals surface area contributed by atoms with Crippen LogP contribution >= 0.6 is 11.6 Å². The zero-order chi connectivity index (χ0) is 10.2. The van der Waals surface area contributed by atoms with Crippen molar-refractivity contribution in [3.05, 3.63) is 0 Å². The number of alkyl halides is 2. The van der Waals surface area contributed by atoms with Gasteiger partial charge in [-0.1, -0.05) is 6.92 Å². The highest BCUT2D eigenvalue weighted by molar-refractivity contribution is 6.21. The second-order valence-corrected chi connectivity index (χ2v) is 4.32. The maximum absolute atomic E-state index is 13.3. The van der Waals surface area contributed by atoms with Crippen LogP contribution in [0.5, 0.6) is 0 Å². The third kappa shape index (κ3) is 2.02. The molecule has 0 aromatic rings. The number of ketones is 1. The Morgan fingerprint density at radius 1 is 1.62 bits per heavy atom. The van der Waals surface area contributed by atoms with E-state index in [4.69, 9.17) is 11.6 Å². The van der Waals surface area contributed by atoms with Crippen molar-refractivity contribution in [2.45, 2.75) is 37.9 Å². The minimum atomic E-state index is -1.22. The van der Waals surface area contributed by atoms with E-state index in [-0.39, 0.29) is 12.2 Å². The Morgan fingerprint density at radius 2 is 2.15 bits per heavy atom. The second kappa shape index (κ2) is 3.93. The molecule has 1 fully saturated rings. The summed E-state index contributed by atoms with van der Waals surface area (Å²) in [7, 11) is 0. The molecule has 0 spiro atoms. The molecule has 2 nitrogen and oxygen atoms in total. The Bertz CT molecular complexity index is 210. The highest BCUT2D eigenvalue weighted by atomic mass is 35.5. The van der Waals surface area contributed by atoms with E-state index in [9.17, 15) is 14.3 Å². The molecule has 5 unspecified atom stereocenters. The fourth-order valence-corrected chi connectivity index (χ4v) is 2.22. The predicted octanol–water partition coefficient (Wildman–Crippen LogP) is 1.54. The average Bonchev–Trinajstić information content (AvgIpc) is 2.07. The van der Waals surface area contributed by atoms with Crippen LogP contribution in [0.2, 0.25) is 0 Å². The molecule has 0 amide bonds. The Labute approximate surface area is 82.1 Å². The van der Waals surface area contributed by atoms with Gasteiger partial charge in [0.2, 0.25) is 0 Å². The molecule has 76 valence electrons. The van der Waals surface area contributed by atoms with Crippen LogP contribution in [-0.4, -0.2) is 28.5 Å². The van der Waals surface area contributed by atoms with Crippen LogP contribution in [-0.2, 0) is 4.79 Å². The van der Waals surface area contributed by atoms with Gasteiger partial charge in [0.1, 0.15) is 12.0 Å². The first-order chi connectivity index (χ1) is 5.95. The molecule has 0 aromatic heterocycles. The molecular formula is C9H14ClFO2. The lowest BCUT2D eigenvalue weighted by atomic mass is 9.76. The molecule has 4 heteroatoms. The van der Waals surface area contributed by atoms with Gasteiger partial charge in [-0.15, -0.1) is 11.6 Å². The topological polar surface area (TPSA) is 37.3 Å². The minimum absolute atomic E-state index is 0.114. The van der Waals surface area contributed by atoms with Crippen LogP contribution < -0.4 is 0 Å². The molecular weight excluding hydrogens is 195 g/mol. The van der Waals surface area contributed by atoms with Crippen molar-refractivity contribution in [1.29, 1.82) is 0 Å². The molecule has 1 N–H and O–H groups in total. The van der Waals surface area contributed by atoms with E-state index in [1.54, 1.807) is 6.92 Å². The normalized spacial score (nSPS) is 46.1. The fourth-order valence-electron chi connectivity index (χ4n) is 1.80. The lowest BCUT2D eigenvalue weighted by molar-refractivity contribution is -0.129. The van der Waals surface area contributed by atoms with Crippen LogP contribution in [0.3, 0.4) is 0 Å². The highest BCUT2D eigenvalue weighted by Crippen LogP contribution is 2.35. The van der Waals surface area contributed by atoms with Crippen LogP contribution in [0.4, 0.5) is 4.39 Å². The number of carbonyl (C=O) groups excluding carboxylic acids is 1. The molecule has 0 aliphatic heterocycles. The summed E-state index contributed by atoms with van der Waals surface area (Å²) in [4.78, 5) is 11.1. The molecule has 0 saturated heterocycles. The monoisotopic (exact) mass is 208 g/mol. The molecule has 1 aliphatic rings. The summed E-state index contributed by atoms with van der Waals surface area (Å²) in [5.41, 5.74) is 0. The number of carbonyl (C=O) groups is 1. The summed E-state index contributed by atoms with van der Waals surface area (Å²) < 4.78 is 13.3. The van der Waals surface area contributed by atoms with Crippen LogP contribution in [0.15, 0.2) is 0 Å². The summed E-state index contributed by atoms with van der Waals surface area (Å²) >= 11 is 5.73. The summed E-state index contributed by atoms with van der Waals surface area (Å²) in [5, 5.41) is 8.93. The number of Topliss-reactive ketones (excluding diaryl/α,β-unsaturated/α-hetero) is 1. The van der Waals surface area contributed by atoms with Crippen molar-refractivity contribution in [1.82, 2.24) is 0 Å². The fraction of sp³-hybridized carbons (Fsp3) is 0.889. The predicted molar refractivity (Wildman–Crippen MR) is 48.5 cm³/mol. The molecule has 1 saturated carbocycles. The van der Waals surface area contributed by atoms with Gasteiger partial charge in [-0.3, -0.25) is 4.79 Å². The van der Waals surface area contributed by atoms with Gasteiger partial charge in [0, 0.05) is 11.8 Å². The Balaban J connectivity index is 2.76. The molecule has 13 heavy (non-hydrogen) atoms. The Hall–Kier alpha value is -0.150. The van der Waals surface area contributed by atoms with Crippen molar-refractivity contribution in [3.63, 3.8) is 0 Å². The molecule has 0 heterocycles. The van der Waals surface area contributed by atoms with Crippen molar-refractivity contribution >= 4 is 17.4 Å². The zero-order valence-electron chi connectivity index (χ0n) is 7.71. The van der Waals surface area contributed by atoms with Gasteiger partial charge in [-0.25, -0.2) is 4.39 Å². The first kappa shape index (κ1) is 10.9. The standard InChI is InChI=1S/C9H14ClFO2/c1-4-8(11)7(10)3-6(5(2)12)9(4)13/h4,6-9,13H,3H2,1-2H3. The lowest BCUT2D eigenvalue weighted by Crippen LogP contribution is -2.46. The van der Waals surface area contributed by atoms with Crippen molar-refractivity contribution in [3.8, 4) is 0 Å². The Kier molecular flexibility index (Phi) is 3.30. The number of aliphatic hydroxyl groups excluding tert-OH is 1. The molecule has 0 bridgehead atoms. The van der Waals surface area contributed by atoms with Gasteiger partial charge in [0.05, 0.1) is 11.5 Å².